The Hall–Kier alpha value is -6.03. The number of methoxy groups -OCH3 is 2. The number of hydrogen-bond acceptors (Lipinski definition) is 8. The lowest BCUT2D eigenvalue weighted by Crippen LogP contribution is -2.20. The molecule has 206 valence electrons. The highest BCUT2D eigenvalue weighted by atomic mass is 16.5. The van der Waals surface area contributed by atoms with Gasteiger partial charge in [-0.15, -0.1) is 0 Å². The number of nitrogens with zero attached hydrogens (tertiary/aromatic N) is 3. The van der Waals surface area contributed by atoms with Gasteiger partial charge in [-0.1, -0.05) is 11.2 Å². The summed E-state index contributed by atoms with van der Waals surface area (Å²) in [6.45, 7) is 0. The van der Waals surface area contributed by atoms with Crippen molar-refractivity contribution in [1.29, 1.82) is 5.26 Å². The summed E-state index contributed by atoms with van der Waals surface area (Å²) in [5.41, 5.74) is 2.87. The SMILES string of the molecule is COc1ccc(OC)c(NC(=O)Nc2ccc3cc(C(=O)Nc4ccc(C#N)cc4-c4noc(=O)[nH]4)n(C)c3c2)c1. The van der Waals surface area contributed by atoms with Crippen LogP contribution in [-0.2, 0) is 7.05 Å². The smallest absolute Gasteiger partial charge is 0.439 e. The van der Waals surface area contributed by atoms with Crippen LogP contribution in [0.1, 0.15) is 16.1 Å². The van der Waals surface area contributed by atoms with Crippen LogP contribution in [0.25, 0.3) is 22.3 Å². The van der Waals surface area contributed by atoms with Crippen LogP contribution < -0.4 is 31.2 Å². The van der Waals surface area contributed by atoms with E-state index in [2.05, 4.69) is 30.6 Å². The molecular formula is C28H23N7O6. The predicted octanol–water partition coefficient (Wildman–Crippen LogP) is 4.31. The molecule has 0 spiro atoms. The maximum atomic E-state index is 13.3. The molecule has 3 aromatic carbocycles. The number of anilines is 3. The van der Waals surface area contributed by atoms with Gasteiger partial charge in [0.1, 0.15) is 17.2 Å². The highest BCUT2D eigenvalue weighted by molar-refractivity contribution is 6.08. The number of carbonyl (C=O) groups is 2. The van der Waals surface area contributed by atoms with Crippen LogP contribution in [0.2, 0.25) is 0 Å². The molecule has 0 fully saturated rings. The van der Waals surface area contributed by atoms with E-state index in [-0.39, 0.29) is 5.82 Å². The second kappa shape index (κ2) is 11.0. The van der Waals surface area contributed by atoms with Gasteiger partial charge in [-0.3, -0.25) is 14.3 Å². The molecule has 5 rings (SSSR count). The zero-order valence-electron chi connectivity index (χ0n) is 22.1. The molecular weight excluding hydrogens is 530 g/mol. The third-order valence-corrected chi connectivity index (χ3v) is 6.28. The second-order valence-corrected chi connectivity index (χ2v) is 8.78. The van der Waals surface area contributed by atoms with Crippen molar-refractivity contribution in [2.45, 2.75) is 0 Å². The molecule has 4 N–H and O–H groups in total. The van der Waals surface area contributed by atoms with Crippen LogP contribution in [0, 0.1) is 11.3 Å². The summed E-state index contributed by atoms with van der Waals surface area (Å²) < 4.78 is 16.8. The first kappa shape index (κ1) is 26.6. The topological polar surface area (TPSA) is 176 Å². The largest absolute Gasteiger partial charge is 0.497 e. The van der Waals surface area contributed by atoms with E-state index in [9.17, 15) is 19.6 Å². The van der Waals surface area contributed by atoms with Crippen LogP contribution >= 0.6 is 0 Å². The van der Waals surface area contributed by atoms with Gasteiger partial charge >= 0.3 is 11.8 Å². The Morgan fingerprint density at radius 1 is 0.976 bits per heavy atom. The normalized spacial score (nSPS) is 10.6. The number of urea groups is 1. The van der Waals surface area contributed by atoms with Gasteiger partial charge in [-0.25, -0.2) is 9.59 Å². The van der Waals surface area contributed by atoms with Crippen LogP contribution in [0.4, 0.5) is 21.9 Å². The molecule has 2 heterocycles. The molecule has 3 amide bonds. The number of carbonyl (C=O) groups excluding carboxylic acids is 2. The summed E-state index contributed by atoms with van der Waals surface area (Å²) in [6, 6.07) is 18.0. The van der Waals surface area contributed by atoms with E-state index < -0.39 is 17.7 Å². The number of aromatic amines is 1. The number of aromatic nitrogens is 3. The zero-order valence-corrected chi connectivity index (χ0v) is 22.1. The second-order valence-electron chi connectivity index (χ2n) is 8.78. The maximum absolute atomic E-state index is 13.3. The van der Waals surface area contributed by atoms with E-state index in [4.69, 9.17) is 9.47 Å². The minimum atomic E-state index is -0.769. The summed E-state index contributed by atoms with van der Waals surface area (Å²) in [6.07, 6.45) is 0. The number of nitriles is 1. The van der Waals surface area contributed by atoms with Gasteiger partial charge in [0, 0.05) is 29.8 Å². The van der Waals surface area contributed by atoms with E-state index in [1.807, 2.05) is 6.07 Å². The van der Waals surface area contributed by atoms with Crippen molar-refractivity contribution >= 4 is 39.9 Å². The van der Waals surface area contributed by atoms with Crippen molar-refractivity contribution in [3.63, 3.8) is 0 Å². The first-order chi connectivity index (χ1) is 19.8. The van der Waals surface area contributed by atoms with Gasteiger partial charge in [0.2, 0.25) is 0 Å². The summed E-state index contributed by atoms with van der Waals surface area (Å²) in [7, 11) is 4.74. The van der Waals surface area contributed by atoms with Crippen LogP contribution in [0.3, 0.4) is 0 Å². The van der Waals surface area contributed by atoms with Gasteiger partial charge in [-0.05, 0) is 48.5 Å². The molecule has 41 heavy (non-hydrogen) atoms. The highest BCUT2D eigenvalue weighted by Gasteiger charge is 2.18. The molecule has 0 unspecified atom stereocenters. The van der Waals surface area contributed by atoms with Crippen LogP contribution in [0.15, 0.2) is 70.0 Å². The number of ether oxygens (including phenoxy) is 2. The average molecular weight is 554 g/mol. The Balaban J connectivity index is 1.37. The minimum absolute atomic E-state index is 0.0694. The van der Waals surface area contributed by atoms with Gasteiger partial charge in [0.25, 0.3) is 5.91 Å². The van der Waals surface area contributed by atoms with Crippen molar-refractivity contribution in [1.82, 2.24) is 14.7 Å². The fourth-order valence-corrected chi connectivity index (χ4v) is 4.27. The number of aryl methyl sites for hydroxylation is 1. The molecule has 5 aromatic rings. The highest BCUT2D eigenvalue weighted by Crippen LogP contribution is 2.30. The maximum Gasteiger partial charge on any atom is 0.439 e. The van der Waals surface area contributed by atoms with Crippen molar-refractivity contribution in [2.24, 2.45) is 7.05 Å². The number of benzene rings is 3. The Morgan fingerprint density at radius 2 is 1.80 bits per heavy atom. The van der Waals surface area contributed by atoms with Crippen molar-refractivity contribution in [3.8, 4) is 29.0 Å². The molecule has 0 saturated heterocycles. The van der Waals surface area contributed by atoms with Crippen molar-refractivity contribution in [3.05, 3.63) is 82.5 Å². The van der Waals surface area contributed by atoms with E-state index in [0.717, 1.165) is 5.39 Å². The van der Waals surface area contributed by atoms with Gasteiger partial charge in [0.15, 0.2) is 5.82 Å². The average Bonchev–Trinajstić information content (AvgIpc) is 3.55. The Bertz CT molecular complexity index is 1900. The Labute approximate surface area is 232 Å². The number of fused-ring (bicyclic) bond motifs is 1. The molecule has 0 bridgehead atoms. The number of H-pyrrole nitrogens is 1. The third kappa shape index (κ3) is 5.43. The molecule has 2 aromatic heterocycles. The fourth-order valence-electron chi connectivity index (χ4n) is 4.27. The number of rotatable bonds is 7. The summed E-state index contributed by atoms with van der Waals surface area (Å²) in [5.74, 6) is -0.124. The molecule has 0 aliphatic carbocycles. The molecule has 0 atom stereocenters. The Kier molecular flexibility index (Phi) is 7.12. The molecule has 0 aliphatic rings. The molecule has 0 aliphatic heterocycles. The zero-order chi connectivity index (χ0) is 29.1. The summed E-state index contributed by atoms with van der Waals surface area (Å²) >= 11 is 0. The standard InChI is InChI=1S/C28H23N7O6/c1-35-22-12-17(30-27(37)32-21-13-18(39-2)7-9-24(21)40-3)6-5-16(22)11-23(35)26(36)31-20-8-4-15(14-29)10-19(20)25-33-28(38)41-34-25/h4-13H,1-3H3,(H,31,36)(H2,30,32,37)(H,33,34,38). The van der Waals surface area contributed by atoms with E-state index in [0.29, 0.717) is 50.9 Å². The number of hydrogen-bond donors (Lipinski definition) is 4. The lowest BCUT2D eigenvalue weighted by molar-refractivity contribution is 0.101. The molecule has 0 radical (unpaired) electrons. The molecule has 0 saturated carbocycles. The van der Waals surface area contributed by atoms with E-state index >= 15 is 0 Å². The van der Waals surface area contributed by atoms with Gasteiger partial charge < -0.3 is 30.0 Å². The third-order valence-electron chi connectivity index (χ3n) is 6.28. The van der Waals surface area contributed by atoms with Crippen LogP contribution in [0.5, 0.6) is 11.5 Å². The fraction of sp³-hybridized carbons (Fsp3) is 0.107. The van der Waals surface area contributed by atoms with Crippen molar-refractivity contribution in [2.75, 3.05) is 30.2 Å². The summed E-state index contributed by atoms with van der Waals surface area (Å²) in [5, 5.41) is 22.1. The molecule has 13 nitrogen and oxygen atoms in total. The quantitative estimate of drug-likeness (QED) is 0.230. The van der Waals surface area contributed by atoms with Crippen molar-refractivity contribution < 1.29 is 23.6 Å². The van der Waals surface area contributed by atoms with Gasteiger partial charge in [0.05, 0.1) is 42.7 Å². The lowest BCUT2D eigenvalue weighted by Gasteiger charge is -2.13. The first-order valence-electron chi connectivity index (χ1n) is 12.1. The molecule has 13 heteroatoms. The van der Waals surface area contributed by atoms with Gasteiger partial charge in [-0.2, -0.15) is 5.26 Å². The predicted molar refractivity (Wildman–Crippen MR) is 150 cm³/mol. The first-order valence-corrected chi connectivity index (χ1v) is 12.1. The minimum Gasteiger partial charge on any atom is -0.497 e. The lowest BCUT2D eigenvalue weighted by atomic mass is 10.1. The number of amides is 3. The summed E-state index contributed by atoms with van der Waals surface area (Å²) in [4.78, 5) is 40.0. The van der Waals surface area contributed by atoms with E-state index in [1.165, 1.54) is 26.4 Å². The van der Waals surface area contributed by atoms with E-state index in [1.54, 1.807) is 60.1 Å². The number of nitrogens with one attached hydrogen (secondary N) is 4. The van der Waals surface area contributed by atoms with Crippen LogP contribution in [-0.4, -0.2) is 40.9 Å². The monoisotopic (exact) mass is 553 g/mol. The Morgan fingerprint density at radius 3 is 2.51 bits per heavy atom.